The minimum absolute atomic E-state index is 0. The van der Waals surface area contributed by atoms with Crippen LogP contribution in [0.1, 0.15) is 0 Å². The number of hydrogen-bond donors (Lipinski definition) is 0. The van der Waals surface area contributed by atoms with Crippen molar-refractivity contribution >= 4 is 10.4 Å². The Morgan fingerprint density at radius 1 is 1.14 bits per heavy atom. The van der Waals surface area contributed by atoms with Crippen LogP contribution in [0.25, 0.3) is 0 Å². The first kappa shape index (κ1) is 16.2. The third kappa shape index (κ3) is 57.6. The fourth-order valence-electron chi connectivity index (χ4n) is 0. The molecule has 0 aliphatic rings. The molecule has 38 valence electrons. The van der Waals surface area contributed by atoms with Gasteiger partial charge >= 0.3 is 51.4 Å². The first-order valence-corrected chi connectivity index (χ1v) is 2.00. The van der Waals surface area contributed by atoms with Crippen molar-refractivity contribution in [1.82, 2.24) is 0 Å². The minimum Gasteiger partial charge on any atom is -0.759 e. The monoisotopic (exact) mass is 373 g/mol. The summed E-state index contributed by atoms with van der Waals surface area (Å²) in [6, 6.07) is 0. The van der Waals surface area contributed by atoms with Crippen molar-refractivity contribution in [3.8, 4) is 0 Å². The van der Waals surface area contributed by atoms with Crippen LogP contribution in [-0.2, 0) is 10.4 Å². The molecule has 0 amide bonds. The molecule has 0 N–H and O–H groups in total. The van der Waals surface area contributed by atoms with Crippen LogP contribution in [0, 0.1) is 29.2 Å². The summed E-state index contributed by atoms with van der Waals surface area (Å²) in [5.41, 5.74) is 0. The molecule has 0 aliphatic carbocycles. The van der Waals surface area contributed by atoms with Crippen molar-refractivity contribution in [1.29, 1.82) is 0 Å². The molecule has 0 rings (SSSR count). The normalized spacial score (nSPS) is 8.29. The average Bonchev–Trinajstić information content (AvgIpc) is 0.722. The molecule has 0 saturated carbocycles. The van der Waals surface area contributed by atoms with Gasteiger partial charge < -0.3 is 9.11 Å². The van der Waals surface area contributed by atoms with Crippen molar-refractivity contribution in [2.24, 2.45) is 0 Å². The maximum atomic E-state index is 8.52. The van der Waals surface area contributed by atoms with E-state index in [0.717, 1.165) is 0 Å². The molecule has 0 bridgehead atoms. The molecule has 4 nitrogen and oxygen atoms in total. The van der Waals surface area contributed by atoms with Crippen molar-refractivity contribution in [2.75, 3.05) is 0 Å². The molecule has 7 heavy (non-hydrogen) atoms. The van der Waals surface area contributed by atoms with E-state index in [-0.39, 0.29) is 80.6 Å². The molecule has 0 heterocycles. The maximum absolute atomic E-state index is 8.52. The molecule has 0 fully saturated rings. The van der Waals surface area contributed by atoms with Gasteiger partial charge in [0.2, 0.25) is 0 Å². The predicted octanol–water partition coefficient (Wildman–Crippen LogP) is -4.33. The number of hydrogen-bond acceptors (Lipinski definition) is 4. The first-order valence-electron chi connectivity index (χ1n) is 0.667. The van der Waals surface area contributed by atoms with Gasteiger partial charge in [-0.1, -0.05) is 0 Å². The van der Waals surface area contributed by atoms with Gasteiger partial charge in [0.05, 0.1) is 0 Å². The van der Waals surface area contributed by atoms with Gasteiger partial charge in [-0.2, -0.15) is 0 Å². The zero-order valence-corrected chi connectivity index (χ0v) is 10.8. The zero-order chi connectivity index (χ0) is 4.50. The third-order valence-corrected chi connectivity index (χ3v) is 0. The molecule has 0 atom stereocenters. The molecular formula is KO4PuS-. The SMILES string of the molecule is O=S(=O)([O-])[O-].[K+].[Pu]. The smallest absolute Gasteiger partial charge is 0.759 e. The Morgan fingerprint density at radius 3 is 1.14 bits per heavy atom. The first-order chi connectivity index (χ1) is 2.00. The summed E-state index contributed by atoms with van der Waals surface area (Å²) in [5, 5.41) is 0. The Hall–Kier alpha value is 2.49. The predicted molar refractivity (Wildman–Crippen MR) is 10.5 cm³/mol. The minimum atomic E-state index is -5.17. The summed E-state index contributed by atoms with van der Waals surface area (Å²) in [6.07, 6.45) is 0. The van der Waals surface area contributed by atoms with Gasteiger partial charge in [0, 0.05) is 39.6 Å². The summed E-state index contributed by atoms with van der Waals surface area (Å²) in [5.74, 6) is 0. The van der Waals surface area contributed by atoms with E-state index in [4.69, 9.17) is 17.5 Å². The second-order valence-electron chi connectivity index (χ2n) is 0.408. The van der Waals surface area contributed by atoms with Crippen LogP contribution in [-0.4, -0.2) is 17.5 Å². The summed E-state index contributed by atoms with van der Waals surface area (Å²) < 4.78 is 34.1. The van der Waals surface area contributed by atoms with Crippen molar-refractivity contribution in [3.63, 3.8) is 0 Å². The third-order valence-electron chi connectivity index (χ3n) is 0. The largest absolute Gasteiger partial charge is 1.00 e. The molecule has 0 aromatic heterocycles. The molecule has 0 spiro atoms. The Morgan fingerprint density at radius 2 is 1.14 bits per heavy atom. The van der Waals surface area contributed by atoms with Crippen molar-refractivity contribution in [2.45, 2.75) is 0 Å². The van der Waals surface area contributed by atoms with E-state index in [9.17, 15) is 0 Å². The second kappa shape index (κ2) is 6.61. The Balaban J connectivity index is -0.0000000800. The van der Waals surface area contributed by atoms with Gasteiger partial charge in [0.1, 0.15) is 0 Å². The Bertz CT molecular complexity index is 94.9. The fraction of sp³-hybridized carbons (Fsp3) is 0. The van der Waals surface area contributed by atoms with E-state index in [2.05, 4.69) is 0 Å². The van der Waals surface area contributed by atoms with Gasteiger partial charge in [-0.05, 0) is 0 Å². The van der Waals surface area contributed by atoms with E-state index in [1.165, 1.54) is 0 Å². The molecule has 7 heteroatoms. The molecule has 0 aromatic carbocycles. The van der Waals surface area contributed by atoms with E-state index >= 15 is 0 Å². The maximum Gasteiger partial charge on any atom is 1.00 e. The van der Waals surface area contributed by atoms with E-state index in [1.807, 2.05) is 0 Å². The van der Waals surface area contributed by atoms with E-state index < -0.39 is 10.4 Å². The zero-order valence-electron chi connectivity index (χ0n) is 3.45. The summed E-state index contributed by atoms with van der Waals surface area (Å²) in [4.78, 5) is 0. The molecule has 0 radical (unpaired) electrons. The van der Waals surface area contributed by atoms with Gasteiger partial charge in [0.15, 0.2) is 0 Å². The topological polar surface area (TPSA) is 80.3 Å². The fourth-order valence-corrected chi connectivity index (χ4v) is 0. The van der Waals surface area contributed by atoms with Gasteiger partial charge in [0.25, 0.3) is 0 Å². The summed E-state index contributed by atoms with van der Waals surface area (Å²) >= 11 is 0. The van der Waals surface area contributed by atoms with Crippen LogP contribution in [0.3, 0.4) is 0 Å². The van der Waals surface area contributed by atoms with Crippen molar-refractivity contribution < 1.29 is 98.1 Å². The van der Waals surface area contributed by atoms with Crippen LogP contribution < -0.4 is 51.4 Å². The van der Waals surface area contributed by atoms with Crippen LogP contribution in [0.15, 0.2) is 0 Å². The van der Waals surface area contributed by atoms with Crippen LogP contribution >= 0.6 is 0 Å². The Kier molecular flexibility index (Phi) is 15.3. The summed E-state index contributed by atoms with van der Waals surface area (Å²) in [7, 11) is -5.17. The Labute approximate surface area is 106 Å². The molecule has 0 unspecified atom stereocenters. The van der Waals surface area contributed by atoms with Crippen LogP contribution in [0.5, 0.6) is 0 Å². The molecule has 0 saturated heterocycles. The van der Waals surface area contributed by atoms with Crippen LogP contribution in [0.2, 0.25) is 0 Å². The van der Waals surface area contributed by atoms with Crippen LogP contribution in [0.4, 0.5) is 0 Å². The van der Waals surface area contributed by atoms with E-state index in [0.29, 0.717) is 0 Å². The standard InChI is InChI=1S/K.H2O4S.Pu/c;1-5(2,3)4;/h;(H2,1,2,3,4);/q+1;;/p-2. The number of rotatable bonds is 0. The quantitative estimate of drug-likeness (QED) is 0.242. The summed E-state index contributed by atoms with van der Waals surface area (Å²) in [6.45, 7) is 0. The second-order valence-corrected chi connectivity index (χ2v) is 1.22. The molecular weight excluding hydrogens is 379 g/mol. The average molecular weight is 379 g/mol. The van der Waals surface area contributed by atoms with E-state index in [1.54, 1.807) is 0 Å². The van der Waals surface area contributed by atoms with Gasteiger partial charge in [-0.25, -0.2) is 0 Å². The molecule has 0 aromatic rings. The van der Waals surface area contributed by atoms with Gasteiger partial charge in [-0.15, -0.1) is 0 Å². The molecule has 0 aliphatic heterocycles. The van der Waals surface area contributed by atoms with Crippen molar-refractivity contribution in [3.05, 3.63) is 0 Å². The van der Waals surface area contributed by atoms with Gasteiger partial charge in [-0.3, -0.25) is 8.42 Å².